The molecule has 6 heteroatoms. The van der Waals surface area contributed by atoms with Gasteiger partial charge in [0.1, 0.15) is 11.6 Å². The molecule has 0 saturated heterocycles. The lowest BCUT2D eigenvalue weighted by molar-refractivity contribution is 0.218. The highest BCUT2D eigenvalue weighted by molar-refractivity contribution is 7.09. The SMILES string of the molecule is CC1(c2cc(F)cc(F)c2)CN=C(N)N1Cc1cccs1. The summed E-state index contributed by atoms with van der Waals surface area (Å²) in [6, 6.07) is 7.53. The van der Waals surface area contributed by atoms with Gasteiger partial charge in [0.15, 0.2) is 5.96 Å². The largest absolute Gasteiger partial charge is 0.370 e. The molecule has 1 aliphatic heterocycles. The second kappa shape index (κ2) is 5.11. The minimum atomic E-state index is -0.642. The van der Waals surface area contributed by atoms with Crippen molar-refractivity contribution in [2.24, 2.45) is 10.7 Å². The third-order valence-electron chi connectivity index (χ3n) is 3.80. The lowest BCUT2D eigenvalue weighted by Crippen LogP contribution is -2.46. The molecule has 1 aliphatic rings. The van der Waals surface area contributed by atoms with Crippen LogP contribution >= 0.6 is 11.3 Å². The van der Waals surface area contributed by atoms with Crippen LogP contribution < -0.4 is 5.73 Å². The predicted molar refractivity (Wildman–Crippen MR) is 80.1 cm³/mol. The molecule has 0 fully saturated rings. The summed E-state index contributed by atoms with van der Waals surface area (Å²) in [5, 5.41) is 1.98. The van der Waals surface area contributed by atoms with E-state index in [2.05, 4.69) is 4.99 Å². The van der Waals surface area contributed by atoms with E-state index in [4.69, 9.17) is 5.73 Å². The van der Waals surface area contributed by atoms with Crippen molar-refractivity contribution in [3.63, 3.8) is 0 Å². The molecule has 0 bridgehead atoms. The Labute approximate surface area is 125 Å². The summed E-state index contributed by atoms with van der Waals surface area (Å²) in [7, 11) is 0. The summed E-state index contributed by atoms with van der Waals surface area (Å²) >= 11 is 1.61. The van der Waals surface area contributed by atoms with Crippen molar-refractivity contribution < 1.29 is 8.78 Å². The van der Waals surface area contributed by atoms with Crippen LogP contribution in [0.2, 0.25) is 0 Å². The Kier molecular flexibility index (Phi) is 3.41. The maximum atomic E-state index is 13.5. The predicted octanol–water partition coefficient (Wildman–Crippen LogP) is 3.07. The fourth-order valence-corrected chi connectivity index (χ4v) is 3.28. The van der Waals surface area contributed by atoms with Crippen LogP contribution in [0.3, 0.4) is 0 Å². The Balaban J connectivity index is 1.98. The van der Waals surface area contributed by atoms with Crippen molar-refractivity contribution in [1.82, 2.24) is 4.90 Å². The van der Waals surface area contributed by atoms with Gasteiger partial charge in [-0.2, -0.15) is 0 Å². The zero-order valence-electron chi connectivity index (χ0n) is 11.5. The molecule has 1 unspecified atom stereocenters. The van der Waals surface area contributed by atoms with E-state index in [1.165, 1.54) is 12.1 Å². The molecule has 21 heavy (non-hydrogen) atoms. The fourth-order valence-electron chi connectivity index (χ4n) is 2.58. The number of benzene rings is 1. The van der Waals surface area contributed by atoms with Crippen LogP contribution in [0, 0.1) is 11.6 Å². The number of hydrogen-bond acceptors (Lipinski definition) is 4. The van der Waals surface area contributed by atoms with Crippen LogP contribution in [-0.4, -0.2) is 17.4 Å². The normalized spacial score (nSPS) is 21.7. The summed E-state index contributed by atoms with van der Waals surface area (Å²) in [6.07, 6.45) is 0. The number of nitrogens with two attached hydrogens (primary N) is 1. The Morgan fingerprint density at radius 1 is 1.33 bits per heavy atom. The Hall–Kier alpha value is -1.95. The van der Waals surface area contributed by atoms with Gasteiger partial charge in [-0.1, -0.05) is 6.07 Å². The zero-order valence-corrected chi connectivity index (χ0v) is 12.3. The third-order valence-corrected chi connectivity index (χ3v) is 4.66. The lowest BCUT2D eigenvalue weighted by Gasteiger charge is -2.36. The van der Waals surface area contributed by atoms with Gasteiger partial charge >= 0.3 is 0 Å². The molecule has 1 atom stereocenters. The molecule has 2 N–H and O–H groups in total. The summed E-state index contributed by atoms with van der Waals surface area (Å²) < 4.78 is 27.1. The van der Waals surface area contributed by atoms with E-state index in [-0.39, 0.29) is 0 Å². The topological polar surface area (TPSA) is 41.6 Å². The summed E-state index contributed by atoms with van der Waals surface area (Å²) in [5.41, 5.74) is 5.88. The lowest BCUT2D eigenvalue weighted by atomic mass is 9.90. The van der Waals surface area contributed by atoms with Crippen molar-refractivity contribution in [1.29, 1.82) is 0 Å². The monoisotopic (exact) mass is 307 g/mol. The van der Waals surface area contributed by atoms with Gasteiger partial charge in [0.25, 0.3) is 0 Å². The highest BCUT2D eigenvalue weighted by atomic mass is 32.1. The van der Waals surface area contributed by atoms with Gasteiger partial charge in [0.05, 0.1) is 18.6 Å². The summed E-state index contributed by atoms with van der Waals surface area (Å²) in [6.45, 7) is 2.85. The van der Waals surface area contributed by atoms with Crippen molar-refractivity contribution in [2.45, 2.75) is 19.0 Å². The molecule has 0 amide bonds. The molecule has 110 valence electrons. The Morgan fingerprint density at radius 3 is 2.67 bits per heavy atom. The number of halogens is 2. The molecule has 0 radical (unpaired) electrons. The molecular weight excluding hydrogens is 292 g/mol. The Bertz CT molecular complexity index is 664. The average Bonchev–Trinajstić information content (AvgIpc) is 3.02. The van der Waals surface area contributed by atoms with Crippen LogP contribution in [0.15, 0.2) is 40.7 Å². The van der Waals surface area contributed by atoms with E-state index >= 15 is 0 Å². The molecule has 1 aromatic carbocycles. The maximum Gasteiger partial charge on any atom is 0.192 e. The number of aliphatic imine (C=N–C) groups is 1. The highest BCUT2D eigenvalue weighted by Gasteiger charge is 2.40. The second-order valence-corrected chi connectivity index (χ2v) is 6.30. The van der Waals surface area contributed by atoms with E-state index in [9.17, 15) is 8.78 Å². The van der Waals surface area contributed by atoms with Crippen LogP contribution in [0.5, 0.6) is 0 Å². The average molecular weight is 307 g/mol. The van der Waals surface area contributed by atoms with Gasteiger partial charge in [-0.05, 0) is 36.1 Å². The van der Waals surface area contributed by atoms with Crippen LogP contribution in [-0.2, 0) is 12.1 Å². The molecule has 1 aromatic heterocycles. The molecule has 0 aliphatic carbocycles. The van der Waals surface area contributed by atoms with Crippen molar-refractivity contribution in [3.05, 3.63) is 57.8 Å². The van der Waals surface area contributed by atoms with Gasteiger partial charge in [-0.25, -0.2) is 8.78 Å². The summed E-state index contributed by atoms with van der Waals surface area (Å²) in [4.78, 5) is 7.29. The van der Waals surface area contributed by atoms with Gasteiger partial charge < -0.3 is 10.6 Å². The third kappa shape index (κ3) is 2.51. The van der Waals surface area contributed by atoms with E-state index in [1.54, 1.807) is 11.3 Å². The van der Waals surface area contributed by atoms with Crippen molar-refractivity contribution in [2.75, 3.05) is 6.54 Å². The molecule has 2 aromatic rings. The quantitative estimate of drug-likeness (QED) is 0.947. The van der Waals surface area contributed by atoms with Crippen molar-refractivity contribution in [3.8, 4) is 0 Å². The first-order valence-electron chi connectivity index (χ1n) is 6.55. The number of hydrogen-bond donors (Lipinski definition) is 1. The first kappa shape index (κ1) is 14.0. The second-order valence-electron chi connectivity index (χ2n) is 5.27. The van der Waals surface area contributed by atoms with Gasteiger partial charge in [-0.3, -0.25) is 4.99 Å². The summed E-state index contributed by atoms with van der Waals surface area (Å²) in [5.74, 6) is -0.781. The van der Waals surface area contributed by atoms with E-state index in [0.717, 1.165) is 10.9 Å². The first-order chi connectivity index (χ1) is 9.99. The molecule has 0 saturated carbocycles. The number of guanidine groups is 1. The molecule has 3 nitrogen and oxygen atoms in total. The van der Waals surface area contributed by atoms with Gasteiger partial charge in [0, 0.05) is 10.9 Å². The maximum absolute atomic E-state index is 13.5. The van der Waals surface area contributed by atoms with E-state index in [0.29, 0.717) is 24.6 Å². The van der Waals surface area contributed by atoms with E-state index < -0.39 is 17.2 Å². The van der Waals surface area contributed by atoms with Crippen molar-refractivity contribution >= 4 is 17.3 Å². The number of nitrogens with zero attached hydrogens (tertiary/aromatic N) is 2. The first-order valence-corrected chi connectivity index (χ1v) is 7.43. The highest BCUT2D eigenvalue weighted by Crippen LogP contribution is 2.35. The number of rotatable bonds is 3. The van der Waals surface area contributed by atoms with Gasteiger partial charge in [-0.15, -0.1) is 11.3 Å². The van der Waals surface area contributed by atoms with Gasteiger partial charge in [0.2, 0.25) is 0 Å². The molecule has 0 spiro atoms. The van der Waals surface area contributed by atoms with Crippen LogP contribution in [0.25, 0.3) is 0 Å². The molecular formula is C15H15F2N3S. The molecule has 3 rings (SSSR count). The Morgan fingerprint density at radius 2 is 2.05 bits per heavy atom. The number of thiophene rings is 1. The standard InChI is InChI=1S/C15H15F2N3S/c1-15(10-5-11(16)7-12(17)6-10)9-19-14(18)20(15)8-13-3-2-4-21-13/h2-7H,8-9H2,1H3,(H2,18,19). The zero-order chi connectivity index (χ0) is 15.0. The van der Waals surface area contributed by atoms with Crippen LogP contribution in [0.1, 0.15) is 17.4 Å². The smallest absolute Gasteiger partial charge is 0.192 e. The van der Waals surface area contributed by atoms with Crippen LogP contribution in [0.4, 0.5) is 8.78 Å². The minimum Gasteiger partial charge on any atom is -0.370 e. The van der Waals surface area contributed by atoms with E-state index in [1.807, 2.05) is 29.3 Å². The molecule has 2 heterocycles. The minimum absolute atomic E-state index is 0.382. The fraction of sp³-hybridized carbons (Fsp3) is 0.267.